The maximum absolute atomic E-state index is 14.7. The van der Waals surface area contributed by atoms with Crippen LogP contribution in [0.2, 0.25) is 0 Å². The highest BCUT2D eigenvalue weighted by Crippen LogP contribution is 2.41. The molecule has 7 rings (SSSR count). The monoisotopic (exact) mass is 915 g/mol. The van der Waals surface area contributed by atoms with Crippen molar-refractivity contribution in [3.8, 4) is 34.3 Å². The number of likely N-dealkylation sites (tertiary alicyclic amines) is 1. The molecule has 2 N–H and O–H groups in total. The summed E-state index contributed by atoms with van der Waals surface area (Å²) in [5, 5.41) is 5.58. The Morgan fingerprint density at radius 3 is 2.55 bits per heavy atom. The van der Waals surface area contributed by atoms with Gasteiger partial charge in [-0.1, -0.05) is 58.0 Å². The quantitative estimate of drug-likeness (QED) is 0.133. The van der Waals surface area contributed by atoms with Gasteiger partial charge in [0.2, 0.25) is 11.8 Å². The lowest BCUT2D eigenvalue weighted by atomic mass is 9.84. The minimum atomic E-state index is -1.06. The standard InChI is InChI=1S/C52H66N8O7/c1-10-59-44-17-16-36-27-39(44)40(47(59)41-29-53-21-18-38(41)31-66-9)28-52(4,5)32-67-51(65)42-15-12-22-60(55-42)50(64)43(26-34-13-11-14-35(36)25-34)54-48(62)46(33(2)3)57(8)49(63)37-19-24-58(30-37)45(61)20-23-56(6)7/h11,13-14,16-18,21,25,27,29,33,37,42-43,46,55H,10,12,15,19,22,24,26,28,30-32H2,1-9H3,(H,54,62)/t37-,42-,43-,46?/m0/s1. The average Bonchev–Trinajstić information content (AvgIpc) is 3.92. The first-order chi connectivity index (χ1) is 32.0. The van der Waals surface area contributed by atoms with E-state index in [4.69, 9.17) is 9.47 Å². The maximum Gasteiger partial charge on any atom is 0.324 e. The Morgan fingerprint density at radius 1 is 1.04 bits per heavy atom. The zero-order chi connectivity index (χ0) is 48.2. The Labute approximate surface area is 394 Å². The number of fused-ring (bicyclic) bond motifs is 6. The van der Waals surface area contributed by atoms with Crippen molar-refractivity contribution in [2.75, 3.05) is 54.5 Å². The van der Waals surface area contributed by atoms with Crippen LogP contribution in [0.3, 0.4) is 0 Å². The zero-order valence-electron chi connectivity index (χ0n) is 40.5. The zero-order valence-corrected chi connectivity index (χ0v) is 40.5. The van der Waals surface area contributed by atoms with Crippen molar-refractivity contribution in [2.24, 2.45) is 17.3 Å². The molecule has 4 atom stereocenters. The Kier molecular flexibility index (Phi) is 15.1. The van der Waals surface area contributed by atoms with Crippen LogP contribution in [0.1, 0.15) is 70.6 Å². The number of methoxy groups -OCH3 is 1. The van der Waals surface area contributed by atoms with Crippen LogP contribution in [-0.2, 0) is 59.4 Å². The lowest BCUT2D eigenvalue weighted by Crippen LogP contribution is -2.62. The third-order valence-electron chi connectivity index (χ3n) is 13.1. The number of carbonyl (C=O) groups excluding carboxylic acids is 5. The van der Waals surface area contributed by atoms with Gasteiger partial charge in [0.05, 0.1) is 24.8 Å². The van der Waals surface area contributed by atoms with E-state index in [-0.39, 0.29) is 37.3 Å². The van der Waals surface area contributed by atoms with E-state index < -0.39 is 47.2 Å². The fraction of sp³-hybridized carbons (Fsp3) is 0.500. The molecule has 356 valence electrons. The molecule has 1 unspecified atom stereocenters. The number of aryl methyl sites for hydroxylation is 1. The number of benzene rings is 2. The summed E-state index contributed by atoms with van der Waals surface area (Å²) < 4.78 is 14.1. The second-order valence-electron chi connectivity index (χ2n) is 19.5. The Balaban J connectivity index is 1.25. The van der Waals surface area contributed by atoms with Gasteiger partial charge in [-0.15, -0.1) is 0 Å². The predicted molar refractivity (Wildman–Crippen MR) is 256 cm³/mol. The molecular weight excluding hydrogens is 849 g/mol. The van der Waals surface area contributed by atoms with Crippen molar-refractivity contribution in [1.29, 1.82) is 0 Å². The number of hydrogen-bond donors (Lipinski definition) is 2. The number of pyridine rings is 1. The minimum absolute atomic E-state index is 0.136. The summed E-state index contributed by atoms with van der Waals surface area (Å²) in [5.41, 5.74) is 10.6. The molecule has 2 aromatic heterocycles. The summed E-state index contributed by atoms with van der Waals surface area (Å²) in [4.78, 5) is 79.2. The van der Waals surface area contributed by atoms with Gasteiger partial charge >= 0.3 is 5.97 Å². The molecule has 15 heteroatoms. The first-order valence-electron chi connectivity index (χ1n) is 23.5. The number of rotatable bonds is 9. The highest BCUT2D eigenvalue weighted by Gasteiger charge is 2.40. The summed E-state index contributed by atoms with van der Waals surface area (Å²) >= 11 is 0. The number of carbonyl (C=O) groups is 5. The summed E-state index contributed by atoms with van der Waals surface area (Å²) in [5.74, 6) is -0.150. The number of hydrogen-bond acceptors (Lipinski definition) is 10. The van der Waals surface area contributed by atoms with Crippen LogP contribution in [-0.4, -0.2) is 131 Å². The first kappa shape index (κ1) is 48.7. The van der Waals surface area contributed by atoms with Crippen LogP contribution < -0.4 is 10.7 Å². The highest BCUT2D eigenvalue weighted by atomic mass is 16.5. The highest BCUT2D eigenvalue weighted by molar-refractivity contribution is 5.97. The van der Waals surface area contributed by atoms with Gasteiger partial charge in [-0.05, 0) is 84.5 Å². The van der Waals surface area contributed by atoms with Crippen LogP contribution >= 0.6 is 0 Å². The lowest BCUT2D eigenvalue weighted by molar-refractivity contribution is -0.155. The summed E-state index contributed by atoms with van der Waals surface area (Å²) in [6.07, 6.45) is 5.88. The largest absolute Gasteiger partial charge is 0.464 e. The van der Waals surface area contributed by atoms with Crippen LogP contribution in [0, 0.1) is 29.2 Å². The second kappa shape index (κ2) is 20.7. The summed E-state index contributed by atoms with van der Waals surface area (Å²) in [6.45, 7) is 12.2. The number of likely N-dealkylation sites (N-methyl/N-ethyl adjacent to an activating group) is 1. The maximum atomic E-state index is 14.7. The normalized spacial score (nSPS) is 20.1. The van der Waals surface area contributed by atoms with Crippen molar-refractivity contribution in [1.82, 2.24) is 40.0 Å². The molecule has 3 aliphatic rings. The Bertz CT molecular complexity index is 2570. The van der Waals surface area contributed by atoms with Gasteiger partial charge in [0.15, 0.2) is 0 Å². The first-order valence-corrected chi connectivity index (χ1v) is 23.5. The van der Waals surface area contributed by atoms with Gasteiger partial charge in [-0.3, -0.25) is 34.0 Å². The van der Waals surface area contributed by atoms with Gasteiger partial charge < -0.3 is 34.1 Å². The van der Waals surface area contributed by atoms with E-state index in [1.165, 1.54) is 9.91 Å². The lowest BCUT2D eigenvalue weighted by Gasteiger charge is -2.37. The van der Waals surface area contributed by atoms with Crippen molar-refractivity contribution >= 4 is 40.5 Å². The molecule has 67 heavy (non-hydrogen) atoms. The van der Waals surface area contributed by atoms with Gasteiger partial charge in [0, 0.05) is 107 Å². The molecule has 2 saturated heterocycles. The number of hydrazine groups is 1. The van der Waals surface area contributed by atoms with Gasteiger partial charge in [-0.2, -0.15) is 0 Å². The predicted octanol–water partition coefficient (Wildman–Crippen LogP) is 5.04. The minimum Gasteiger partial charge on any atom is -0.464 e. The second-order valence-corrected chi connectivity index (χ2v) is 19.5. The van der Waals surface area contributed by atoms with Crippen LogP contribution in [0.15, 0.2) is 60.9 Å². The SMILES string of the molecule is CCn1c(-c2cnccc2COC)c2c3cc(ccc31)-c1cccc(c1)C[C@H](NC(=O)C(C(C)C)N(C)C(=O)[C@H]1CCN(C(=O)C#CN(C)C)C1)C(=O)N1CCC[C@H](N1)C(=O)OCC(C)(C)C2. The fourth-order valence-corrected chi connectivity index (χ4v) is 9.84. The smallest absolute Gasteiger partial charge is 0.324 e. The molecule has 2 fully saturated rings. The van der Waals surface area contributed by atoms with Crippen LogP contribution in [0.4, 0.5) is 0 Å². The topological polar surface area (TPSA) is 159 Å². The molecule has 3 aliphatic heterocycles. The van der Waals surface area contributed by atoms with Crippen LogP contribution in [0.5, 0.6) is 0 Å². The number of amides is 4. The van der Waals surface area contributed by atoms with E-state index in [2.05, 4.69) is 83.4 Å². The third-order valence-corrected chi connectivity index (χ3v) is 13.1. The van der Waals surface area contributed by atoms with E-state index >= 15 is 0 Å². The molecular formula is C52H66N8O7. The molecule has 0 radical (unpaired) electrons. The van der Waals surface area contributed by atoms with Crippen molar-refractivity contribution in [2.45, 2.75) is 98.0 Å². The van der Waals surface area contributed by atoms with E-state index in [9.17, 15) is 24.0 Å². The Morgan fingerprint density at radius 2 is 1.82 bits per heavy atom. The number of aromatic nitrogens is 2. The number of esters is 1. The molecule has 0 aliphatic carbocycles. The van der Waals surface area contributed by atoms with E-state index in [1.54, 1.807) is 44.2 Å². The third kappa shape index (κ3) is 10.8. The van der Waals surface area contributed by atoms with Crippen LogP contribution in [0.25, 0.3) is 33.3 Å². The molecule has 6 bridgehead atoms. The number of nitrogens with zero attached hydrogens (tertiary/aromatic N) is 6. The van der Waals surface area contributed by atoms with E-state index in [0.717, 1.165) is 50.0 Å². The van der Waals surface area contributed by atoms with Gasteiger partial charge in [-0.25, -0.2) is 5.43 Å². The fourth-order valence-electron chi connectivity index (χ4n) is 9.84. The van der Waals surface area contributed by atoms with Crippen molar-refractivity contribution in [3.05, 3.63) is 77.6 Å². The van der Waals surface area contributed by atoms with Crippen molar-refractivity contribution in [3.63, 3.8) is 0 Å². The van der Waals surface area contributed by atoms with Gasteiger partial charge in [0.1, 0.15) is 18.1 Å². The molecule has 5 heterocycles. The molecule has 15 nitrogen and oxygen atoms in total. The molecule has 2 aromatic carbocycles. The molecule has 4 amide bonds. The summed E-state index contributed by atoms with van der Waals surface area (Å²) in [7, 11) is 6.79. The number of nitrogens with one attached hydrogen (secondary N) is 2. The molecule has 0 saturated carbocycles. The number of cyclic esters (lactones) is 1. The van der Waals surface area contributed by atoms with Crippen molar-refractivity contribution < 1.29 is 33.4 Å². The number of ether oxygens (including phenoxy) is 2. The molecule has 4 aromatic rings. The van der Waals surface area contributed by atoms with E-state index in [0.29, 0.717) is 51.9 Å². The molecule has 0 spiro atoms. The summed E-state index contributed by atoms with van der Waals surface area (Å²) in [6, 6.07) is 16.5. The van der Waals surface area contributed by atoms with E-state index in [1.807, 2.05) is 38.2 Å². The van der Waals surface area contributed by atoms with Gasteiger partial charge in [0.25, 0.3) is 11.8 Å². The Hall–Kier alpha value is -6.24. The average molecular weight is 915 g/mol.